The molecule has 0 atom stereocenters. The molecule has 0 spiro atoms. The first-order valence-electron chi connectivity index (χ1n) is 4.33. The van der Waals surface area contributed by atoms with Crippen molar-refractivity contribution in [3.05, 3.63) is 44.6 Å². The highest BCUT2D eigenvalue weighted by atomic mass is 79.9. The lowest BCUT2D eigenvalue weighted by Gasteiger charge is -2.05. The summed E-state index contributed by atoms with van der Waals surface area (Å²) in [4.78, 5) is 7.47. The monoisotopic (exact) mass is 338 g/mol. The molecule has 0 saturated carbocycles. The van der Waals surface area contributed by atoms with Gasteiger partial charge in [-0.25, -0.2) is 18.7 Å². The van der Waals surface area contributed by atoms with Crippen LogP contribution >= 0.6 is 39.1 Å². The molecule has 7 heteroatoms. The maximum Gasteiger partial charge on any atom is 0.197 e. The van der Waals surface area contributed by atoms with Gasteiger partial charge in [-0.15, -0.1) is 0 Å². The van der Waals surface area contributed by atoms with Gasteiger partial charge in [-0.3, -0.25) is 0 Å². The van der Waals surface area contributed by atoms with Gasteiger partial charge < -0.3 is 0 Å². The number of benzene rings is 1. The maximum atomic E-state index is 13.1. The molecule has 2 nitrogen and oxygen atoms in total. The third-order valence-electron chi connectivity index (χ3n) is 1.94. The summed E-state index contributed by atoms with van der Waals surface area (Å²) in [6.45, 7) is 0. The highest BCUT2D eigenvalue weighted by Crippen LogP contribution is 2.29. The molecule has 0 radical (unpaired) electrons. The molecule has 1 heterocycles. The van der Waals surface area contributed by atoms with E-state index in [0.29, 0.717) is 10.0 Å². The number of aromatic nitrogens is 2. The summed E-state index contributed by atoms with van der Waals surface area (Å²) in [6, 6.07) is 3.91. The van der Waals surface area contributed by atoms with E-state index in [-0.39, 0.29) is 16.1 Å². The van der Waals surface area contributed by atoms with E-state index in [9.17, 15) is 8.78 Å². The van der Waals surface area contributed by atoms with Crippen molar-refractivity contribution in [3.8, 4) is 11.4 Å². The summed E-state index contributed by atoms with van der Waals surface area (Å²) < 4.78 is 26.5. The minimum atomic E-state index is -0.879. The lowest BCUT2D eigenvalue weighted by atomic mass is 10.2. The second-order valence-electron chi connectivity index (χ2n) is 3.07. The Bertz CT molecular complexity index is 570. The molecule has 88 valence electrons. The standard InChI is InChI=1S/C10H3BrCl2F2N2/c11-6-3-4(14)1-2-5(6)10-16-8(12)7(15)9(13)17-10/h1-3H. The summed E-state index contributed by atoms with van der Waals surface area (Å²) in [5.74, 6) is -1.18. The molecule has 1 aromatic carbocycles. The lowest BCUT2D eigenvalue weighted by molar-refractivity contribution is 0.615. The van der Waals surface area contributed by atoms with E-state index in [1.807, 2.05) is 0 Å². The van der Waals surface area contributed by atoms with Gasteiger partial charge in [0.05, 0.1) is 0 Å². The van der Waals surface area contributed by atoms with Crippen LogP contribution in [0.4, 0.5) is 8.78 Å². The van der Waals surface area contributed by atoms with E-state index in [1.54, 1.807) is 0 Å². The van der Waals surface area contributed by atoms with Crippen LogP contribution in [0.3, 0.4) is 0 Å². The van der Waals surface area contributed by atoms with Crippen molar-refractivity contribution < 1.29 is 8.78 Å². The molecule has 0 bridgehead atoms. The Morgan fingerprint density at radius 1 is 1.06 bits per heavy atom. The molecule has 0 fully saturated rings. The lowest BCUT2D eigenvalue weighted by Crippen LogP contribution is -1.95. The Hall–Kier alpha value is -0.780. The molecular formula is C10H3BrCl2F2N2. The molecule has 0 saturated heterocycles. The van der Waals surface area contributed by atoms with Gasteiger partial charge in [0.15, 0.2) is 21.9 Å². The SMILES string of the molecule is Fc1ccc(-c2nc(Cl)c(F)c(Cl)n2)c(Br)c1. The van der Waals surface area contributed by atoms with Gasteiger partial charge in [-0.1, -0.05) is 23.2 Å². The normalized spacial score (nSPS) is 10.6. The molecule has 0 amide bonds. The smallest absolute Gasteiger partial charge is 0.197 e. The molecule has 17 heavy (non-hydrogen) atoms. The van der Waals surface area contributed by atoms with Crippen LogP contribution in [-0.4, -0.2) is 9.97 Å². The van der Waals surface area contributed by atoms with Gasteiger partial charge in [0.2, 0.25) is 0 Å². The van der Waals surface area contributed by atoms with E-state index >= 15 is 0 Å². The Morgan fingerprint density at radius 3 is 2.18 bits per heavy atom. The molecule has 0 aliphatic carbocycles. The van der Waals surface area contributed by atoms with Gasteiger partial charge in [-0.2, -0.15) is 0 Å². The Labute approximate surface area is 114 Å². The topological polar surface area (TPSA) is 25.8 Å². The molecule has 0 unspecified atom stereocenters. The second kappa shape index (κ2) is 4.84. The Balaban J connectivity index is 2.61. The zero-order chi connectivity index (χ0) is 12.6. The van der Waals surface area contributed by atoms with E-state index in [1.165, 1.54) is 18.2 Å². The highest BCUT2D eigenvalue weighted by molar-refractivity contribution is 9.10. The van der Waals surface area contributed by atoms with Crippen molar-refractivity contribution in [1.82, 2.24) is 9.97 Å². The summed E-state index contributed by atoms with van der Waals surface area (Å²) >= 11 is 14.3. The molecule has 1 aromatic heterocycles. The summed E-state index contributed by atoms with van der Waals surface area (Å²) in [5.41, 5.74) is 0.468. The van der Waals surface area contributed by atoms with Crippen LogP contribution in [0.15, 0.2) is 22.7 Å². The average Bonchev–Trinajstić information content (AvgIpc) is 2.25. The fourth-order valence-corrected chi connectivity index (χ4v) is 2.10. The van der Waals surface area contributed by atoms with Crippen molar-refractivity contribution >= 4 is 39.1 Å². The summed E-state index contributed by atoms with van der Waals surface area (Å²) in [6.07, 6.45) is 0. The highest BCUT2D eigenvalue weighted by Gasteiger charge is 2.14. The van der Waals surface area contributed by atoms with Gasteiger partial charge in [-0.05, 0) is 34.1 Å². The van der Waals surface area contributed by atoms with Crippen LogP contribution in [0.25, 0.3) is 11.4 Å². The van der Waals surface area contributed by atoms with Crippen LogP contribution in [-0.2, 0) is 0 Å². The predicted molar refractivity (Wildman–Crippen MR) is 65.1 cm³/mol. The van der Waals surface area contributed by atoms with Gasteiger partial charge >= 0.3 is 0 Å². The second-order valence-corrected chi connectivity index (χ2v) is 4.64. The largest absolute Gasteiger partial charge is 0.213 e. The quantitative estimate of drug-likeness (QED) is 0.715. The van der Waals surface area contributed by atoms with Crippen molar-refractivity contribution in [2.45, 2.75) is 0 Å². The maximum absolute atomic E-state index is 13.1. The summed E-state index contributed by atoms with van der Waals surface area (Å²) in [7, 11) is 0. The zero-order valence-corrected chi connectivity index (χ0v) is 11.1. The Kier molecular flexibility index (Phi) is 3.61. The fraction of sp³-hybridized carbons (Fsp3) is 0. The predicted octanol–water partition coefficient (Wildman–Crippen LogP) is 4.49. The fourth-order valence-electron chi connectivity index (χ4n) is 1.19. The first kappa shape index (κ1) is 12.7. The molecule has 0 aliphatic heterocycles. The first-order chi connectivity index (χ1) is 7.99. The van der Waals surface area contributed by atoms with Crippen LogP contribution < -0.4 is 0 Å². The van der Waals surface area contributed by atoms with Crippen LogP contribution in [0.1, 0.15) is 0 Å². The summed E-state index contributed by atoms with van der Waals surface area (Å²) in [5, 5.41) is -0.757. The number of hydrogen-bond acceptors (Lipinski definition) is 2. The number of rotatable bonds is 1. The van der Waals surface area contributed by atoms with Crippen LogP contribution in [0, 0.1) is 11.6 Å². The molecule has 0 N–H and O–H groups in total. The molecule has 2 aromatic rings. The van der Waals surface area contributed by atoms with E-state index < -0.39 is 11.6 Å². The zero-order valence-electron chi connectivity index (χ0n) is 8.02. The van der Waals surface area contributed by atoms with Crippen molar-refractivity contribution in [2.24, 2.45) is 0 Å². The Morgan fingerprint density at radius 2 is 1.65 bits per heavy atom. The van der Waals surface area contributed by atoms with Crippen molar-refractivity contribution in [3.63, 3.8) is 0 Å². The molecule has 0 aliphatic rings. The average molecular weight is 340 g/mol. The van der Waals surface area contributed by atoms with Gasteiger partial charge in [0.25, 0.3) is 0 Å². The van der Waals surface area contributed by atoms with E-state index in [0.717, 1.165) is 0 Å². The third-order valence-corrected chi connectivity index (χ3v) is 3.10. The van der Waals surface area contributed by atoms with Crippen LogP contribution in [0.2, 0.25) is 10.3 Å². The van der Waals surface area contributed by atoms with Crippen molar-refractivity contribution in [1.29, 1.82) is 0 Å². The minimum absolute atomic E-state index is 0.119. The van der Waals surface area contributed by atoms with E-state index in [4.69, 9.17) is 23.2 Å². The number of nitrogens with zero attached hydrogens (tertiary/aromatic N) is 2. The number of hydrogen-bond donors (Lipinski definition) is 0. The van der Waals surface area contributed by atoms with Crippen LogP contribution in [0.5, 0.6) is 0 Å². The third kappa shape index (κ3) is 2.56. The molecule has 2 rings (SSSR count). The van der Waals surface area contributed by atoms with Crippen molar-refractivity contribution in [2.75, 3.05) is 0 Å². The van der Waals surface area contributed by atoms with Gasteiger partial charge in [0, 0.05) is 10.0 Å². The molecular weight excluding hydrogens is 337 g/mol. The van der Waals surface area contributed by atoms with E-state index in [2.05, 4.69) is 25.9 Å². The first-order valence-corrected chi connectivity index (χ1v) is 5.88. The number of halogens is 5. The minimum Gasteiger partial charge on any atom is -0.213 e. The van der Waals surface area contributed by atoms with Gasteiger partial charge in [0.1, 0.15) is 5.82 Å².